The first-order chi connectivity index (χ1) is 13.0. The van der Waals surface area contributed by atoms with Crippen molar-refractivity contribution >= 4 is 35.8 Å². The van der Waals surface area contributed by atoms with Crippen LogP contribution in [0.1, 0.15) is 23.6 Å². The van der Waals surface area contributed by atoms with Crippen molar-refractivity contribution in [2.24, 2.45) is 5.73 Å². The highest BCUT2D eigenvalue weighted by Crippen LogP contribution is 2.16. The van der Waals surface area contributed by atoms with E-state index >= 15 is 0 Å². The minimum atomic E-state index is -0.303. The summed E-state index contributed by atoms with van der Waals surface area (Å²) in [5.41, 5.74) is 8.06. The van der Waals surface area contributed by atoms with Crippen LogP contribution in [0.25, 0.3) is 0 Å². The van der Waals surface area contributed by atoms with Gasteiger partial charge in [-0.15, -0.1) is 12.4 Å². The molecule has 2 aromatic carbocycles. The van der Waals surface area contributed by atoms with Gasteiger partial charge in [0.25, 0.3) is 0 Å². The third-order valence-electron chi connectivity index (χ3n) is 4.88. The summed E-state index contributed by atoms with van der Waals surface area (Å²) in [5.74, 6) is 0.113. The molecule has 1 saturated heterocycles. The average Bonchev–Trinajstić information content (AvgIpc) is 2.70. The van der Waals surface area contributed by atoms with Crippen LogP contribution < -0.4 is 5.73 Å². The van der Waals surface area contributed by atoms with Gasteiger partial charge in [-0.3, -0.25) is 9.59 Å². The van der Waals surface area contributed by atoms with Gasteiger partial charge in [0.2, 0.25) is 11.8 Å². The minimum Gasteiger partial charge on any atom is -0.339 e. The molecule has 1 fully saturated rings. The SMILES string of the molecule is Cl.NC(CC(=O)N1CCN(C(=O)Cc2ccc(Cl)cc2)CC1)c1ccccc1. The summed E-state index contributed by atoms with van der Waals surface area (Å²) in [5, 5.41) is 0.659. The van der Waals surface area contributed by atoms with Crippen LogP contribution in [0, 0.1) is 0 Å². The van der Waals surface area contributed by atoms with E-state index in [-0.39, 0.29) is 36.7 Å². The van der Waals surface area contributed by atoms with Crippen molar-refractivity contribution in [2.75, 3.05) is 26.2 Å². The Morgan fingerprint density at radius 3 is 2.00 bits per heavy atom. The summed E-state index contributed by atoms with van der Waals surface area (Å²) < 4.78 is 0. The number of piperazine rings is 1. The summed E-state index contributed by atoms with van der Waals surface area (Å²) in [6.45, 7) is 2.21. The van der Waals surface area contributed by atoms with E-state index in [1.807, 2.05) is 47.4 Å². The van der Waals surface area contributed by atoms with Gasteiger partial charge in [-0.25, -0.2) is 0 Å². The number of hydrogen-bond donors (Lipinski definition) is 1. The van der Waals surface area contributed by atoms with E-state index in [4.69, 9.17) is 17.3 Å². The van der Waals surface area contributed by atoms with E-state index in [0.717, 1.165) is 11.1 Å². The predicted octanol–water partition coefficient (Wildman–Crippen LogP) is 3.07. The molecule has 2 amide bonds. The molecule has 2 N–H and O–H groups in total. The van der Waals surface area contributed by atoms with Gasteiger partial charge in [0.15, 0.2) is 0 Å². The molecule has 0 saturated carbocycles. The Morgan fingerprint density at radius 1 is 0.893 bits per heavy atom. The zero-order chi connectivity index (χ0) is 19.2. The van der Waals surface area contributed by atoms with E-state index in [1.54, 1.807) is 17.0 Å². The molecule has 1 aliphatic rings. The average molecular weight is 422 g/mol. The van der Waals surface area contributed by atoms with Crippen LogP contribution in [0.15, 0.2) is 54.6 Å². The van der Waals surface area contributed by atoms with Crippen LogP contribution >= 0.6 is 24.0 Å². The highest BCUT2D eigenvalue weighted by atomic mass is 35.5. The fraction of sp³-hybridized carbons (Fsp3) is 0.333. The Kier molecular flexibility index (Phi) is 8.30. The second-order valence-electron chi connectivity index (χ2n) is 6.79. The summed E-state index contributed by atoms with van der Waals surface area (Å²) >= 11 is 5.88. The molecule has 7 heteroatoms. The molecule has 28 heavy (non-hydrogen) atoms. The Bertz CT molecular complexity index is 776. The fourth-order valence-electron chi connectivity index (χ4n) is 3.23. The van der Waals surface area contributed by atoms with Crippen LogP contribution in [0.3, 0.4) is 0 Å². The Hall–Kier alpha value is -2.08. The minimum absolute atomic E-state index is 0. The van der Waals surface area contributed by atoms with Gasteiger partial charge in [0, 0.05) is 43.7 Å². The van der Waals surface area contributed by atoms with E-state index in [2.05, 4.69) is 0 Å². The molecule has 5 nitrogen and oxygen atoms in total. The number of hydrogen-bond acceptors (Lipinski definition) is 3. The van der Waals surface area contributed by atoms with Gasteiger partial charge in [-0.1, -0.05) is 54.1 Å². The summed E-state index contributed by atoms with van der Waals surface area (Å²) in [7, 11) is 0. The van der Waals surface area contributed by atoms with Crippen molar-refractivity contribution in [1.82, 2.24) is 9.80 Å². The van der Waals surface area contributed by atoms with Gasteiger partial charge in [0.05, 0.1) is 6.42 Å². The van der Waals surface area contributed by atoms with Crippen molar-refractivity contribution in [3.05, 3.63) is 70.7 Å². The zero-order valence-electron chi connectivity index (χ0n) is 15.6. The molecular formula is C21H25Cl2N3O2. The van der Waals surface area contributed by atoms with Crippen LogP contribution in [0.2, 0.25) is 5.02 Å². The monoisotopic (exact) mass is 421 g/mol. The Morgan fingerprint density at radius 2 is 1.43 bits per heavy atom. The number of nitrogens with two attached hydrogens (primary N) is 1. The Balaban J connectivity index is 0.00000280. The predicted molar refractivity (Wildman–Crippen MR) is 114 cm³/mol. The molecule has 0 aromatic heterocycles. The second kappa shape index (κ2) is 10.5. The molecular weight excluding hydrogens is 397 g/mol. The molecule has 0 bridgehead atoms. The van der Waals surface area contributed by atoms with Gasteiger partial charge >= 0.3 is 0 Å². The number of amides is 2. The molecule has 0 spiro atoms. The fourth-order valence-corrected chi connectivity index (χ4v) is 3.36. The van der Waals surface area contributed by atoms with Crippen molar-refractivity contribution in [2.45, 2.75) is 18.9 Å². The molecule has 0 radical (unpaired) electrons. The van der Waals surface area contributed by atoms with Gasteiger partial charge in [-0.2, -0.15) is 0 Å². The van der Waals surface area contributed by atoms with Crippen LogP contribution in [0.4, 0.5) is 0 Å². The lowest BCUT2D eigenvalue weighted by Gasteiger charge is -2.35. The molecule has 1 atom stereocenters. The molecule has 1 unspecified atom stereocenters. The van der Waals surface area contributed by atoms with E-state index < -0.39 is 0 Å². The smallest absolute Gasteiger partial charge is 0.227 e. The molecule has 150 valence electrons. The number of nitrogens with zero attached hydrogens (tertiary/aromatic N) is 2. The van der Waals surface area contributed by atoms with E-state index in [1.165, 1.54) is 0 Å². The first-order valence-electron chi connectivity index (χ1n) is 9.13. The summed E-state index contributed by atoms with van der Waals surface area (Å²) in [4.78, 5) is 28.6. The first-order valence-corrected chi connectivity index (χ1v) is 9.51. The Labute approximate surface area is 176 Å². The maximum atomic E-state index is 12.5. The summed E-state index contributed by atoms with van der Waals surface area (Å²) in [6, 6.07) is 16.6. The second-order valence-corrected chi connectivity index (χ2v) is 7.22. The molecule has 3 rings (SSSR count). The number of halogens is 2. The zero-order valence-corrected chi connectivity index (χ0v) is 17.2. The molecule has 0 aliphatic carbocycles. The van der Waals surface area contributed by atoms with Crippen LogP contribution in [0.5, 0.6) is 0 Å². The third-order valence-corrected chi connectivity index (χ3v) is 5.13. The molecule has 2 aromatic rings. The van der Waals surface area contributed by atoms with Gasteiger partial charge < -0.3 is 15.5 Å². The lowest BCUT2D eigenvalue weighted by atomic mass is 10.0. The van der Waals surface area contributed by atoms with Crippen molar-refractivity contribution in [3.8, 4) is 0 Å². The number of carbonyl (C=O) groups excluding carboxylic acids is 2. The lowest BCUT2D eigenvalue weighted by molar-refractivity contribution is -0.139. The quantitative estimate of drug-likeness (QED) is 0.806. The maximum Gasteiger partial charge on any atom is 0.227 e. The van der Waals surface area contributed by atoms with Gasteiger partial charge in [0.1, 0.15) is 0 Å². The van der Waals surface area contributed by atoms with Gasteiger partial charge in [-0.05, 0) is 23.3 Å². The van der Waals surface area contributed by atoms with E-state index in [0.29, 0.717) is 37.6 Å². The summed E-state index contributed by atoms with van der Waals surface area (Å²) in [6.07, 6.45) is 0.632. The number of rotatable bonds is 5. The topological polar surface area (TPSA) is 66.6 Å². The van der Waals surface area contributed by atoms with E-state index in [9.17, 15) is 9.59 Å². The van der Waals surface area contributed by atoms with Crippen molar-refractivity contribution in [1.29, 1.82) is 0 Å². The van der Waals surface area contributed by atoms with Crippen molar-refractivity contribution in [3.63, 3.8) is 0 Å². The normalized spacial score (nSPS) is 14.9. The standard InChI is InChI=1S/C21H24ClN3O2.ClH/c22-18-8-6-16(7-9-18)14-20(26)24-10-12-25(13-11-24)21(27)15-19(23)17-4-2-1-3-5-17;/h1-9,19H,10-15,23H2;1H. The lowest BCUT2D eigenvalue weighted by Crippen LogP contribution is -2.51. The van der Waals surface area contributed by atoms with Crippen molar-refractivity contribution < 1.29 is 9.59 Å². The molecule has 1 heterocycles. The van der Waals surface area contributed by atoms with Crippen LogP contribution in [-0.4, -0.2) is 47.8 Å². The number of carbonyl (C=O) groups is 2. The largest absolute Gasteiger partial charge is 0.339 e. The molecule has 1 aliphatic heterocycles. The number of benzene rings is 2. The highest BCUT2D eigenvalue weighted by molar-refractivity contribution is 6.30. The maximum absolute atomic E-state index is 12.5. The third kappa shape index (κ3) is 5.96. The first kappa shape index (κ1) is 22.2. The highest BCUT2D eigenvalue weighted by Gasteiger charge is 2.25. The van der Waals surface area contributed by atoms with Crippen LogP contribution in [-0.2, 0) is 16.0 Å².